The number of thiophene rings is 1. The number of hydrogen-bond acceptors (Lipinski definition) is 3. The first kappa shape index (κ1) is 14.3. The third-order valence-corrected chi connectivity index (χ3v) is 7.69. The molecule has 0 N–H and O–H groups in total. The number of nitrogens with zero attached hydrogens (tertiary/aromatic N) is 1. The van der Waals surface area contributed by atoms with Crippen molar-refractivity contribution in [2.45, 2.75) is 42.8 Å². The van der Waals surface area contributed by atoms with Crippen LogP contribution in [0.4, 0.5) is 0 Å². The summed E-state index contributed by atoms with van der Waals surface area (Å²) >= 11 is 7.08. The van der Waals surface area contributed by atoms with Crippen LogP contribution in [0.5, 0.6) is 0 Å². The van der Waals surface area contributed by atoms with Gasteiger partial charge in [-0.1, -0.05) is 0 Å². The molecule has 0 bridgehead atoms. The monoisotopic (exact) mass is 307 g/mol. The van der Waals surface area contributed by atoms with Gasteiger partial charge in [0.2, 0.25) is 0 Å². The largest absolute Gasteiger partial charge is 0.252 e. The van der Waals surface area contributed by atoms with E-state index in [1.54, 1.807) is 13.1 Å². The highest BCUT2D eigenvalue weighted by Crippen LogP contribution is 2.37. The second-order valence-electron chi connectivity index (χ2n) is 4.90. The van der Waals surface area contributed by atoms with E-state index in [-0.39, 0.29) is 6.04 Å². The first-order chi connectivity index (χ1) is 8.37. The smallest absolute Gasteiger partial charge is 0.206 e. The van der Waals surface area contributed by atoms with Crippen molar-refractivity contribution in [3.05, 3.63) is 16.5 Å². The van der Waals surface area contributed by atoms with Gasteiger partial charge in [-0.05, 0) is 44.2 Å². The summed E-state index contributed by atoms with van der Waals surface area (Å²) in [5, 5.41) is 0. The molecule has 1 aliphatic carbocycles. The fourth-order valence-corrected chi connectivity index (χ4v) is 5.41. The van der Waals surface area contributed by atoms with Crippen molar-refractivity contribution in [2.24, 2.45) is 5.92 Å². The lowest BCUT2D eigenvalue weighted by atomic mass is 10.2. The Hall–Kier alpha value is -0.100. The minimum absolute atomic E-state index is 0.0804. The number of hydrogen-bond donors (Lipinski definition) is 0. The van der Waals surface area contributed by atoms with E-state index < -0.39 is 10.0 Å². The SMILES string of the molecule is Cc1cc(S(=O)(=O)N(C)C(C)C2CC2)sc1CCl. The maximum absolute atomic E-state index is 12.5. The highest BCUT2D eigenvalue weighted by molar-refractivity contribution is 7.91. The number of halogens is 1. The van der Waals surface area contributed by atoms with Crippen LogP contribution in [0.2, 0.25) is 0 Å². The topological polar surface area (TPSA) is 37.4 Å². The maximum atomic E-state index is 12.5. The molecule has 1 aromatic rings. The van der Waals surface area contributed by atoms with E-state index in [9.17, 15) is 8.42 Å². The minimum atomic E-state index is -3.36. The lowest BCUT2D eigenvalue weighted by molar-refractivity contribution is 0.358. The summed E-state index contributed by atoms with van der Waals surface area (Å²) in [5.41, 5.74) is 0.959. The maximum Gasteiger partial charge on any atom is 0.252 e. The molecule has 1 fully saturated rings. The average molecular weight is 308 g/mol. The highest BCUT2D eigenvalue weighted by Gasteiger charge is 2.36. The van der Waals surface area contributed by atoms with Gasteiger partial charge >= 0.3 is 0 Å². The zero-order valence-electron chi connectivity index (χ0n) is 10.8. The molecule has 1 heterocycles. The van der Waals surface area contributed by atoms with E-state index in [1.807, 2.05) is 13.8 Å². The standard InChI is InChI=1S/C12H18ClNO2S2/c1-8-6-12(17-11(8)7-13)18(15,16)14(3)9(2)10-4-5-10/h6,9-10H,4-5,7H2,1-3H3. The molecule has 6 heteroatoms. The minimum Gasteiger partial charge on any atom is -0.206 e. The predicted octanol–water partition coefficient (Wildman–Crippen LogP) is 3.21. The number of rotatable bonds is 5. The van der Waals surface area contributed by atoms with Crippen molar-refractivity contribution in [3.8, 4) is 0 Å². The van der Waals surface area contributed by atoms with Gasteiger partial charge in [0.15, 0.2) is 0 Å². The Morgan fingerprint density at radius 3 is 2.61 bits per heavy atom. The second kappa shape index (κ2) is 5.12. The van der Waals surface area contributed by atoms with Gasteiger partial charge < -0.3 is 0 Å². The summed E-state index contributed by atoms with van der Waals surface area (Å²) in [5.74, 6) is 0.895. The van der Waals surface area contributed by atoms with E-state index in [1.165, 1.54) is 15.6 Å². The molecule has 0 saturated heterocycles. The van der Waals surface area contributed by atoms with Gasteiger partial charge in [0.1, 0.15) is 4.21 Å². The summed E-state index contributed by atoms with van der Waals surface area (Å²) in [6, 6.07) is 1.81. The first-order valence-electron chi connectivity index (χ1n) is 6.01. The third-order valence-electron chi connectivity index (χ3n) is 3.63. The van der Waals surface area contributed by atoms with Crippen molar-refractivity contribution < 1.29 is 8.42 Å². The average Bonchev–Trinajstić information content (AvgIpc) is 3.10. The van der Waals surface area contributed by atoms with Gasteiger partial charge in [0, 0.05) is 18.0 Å². The van der Waals surface area contributed by atoms with Crippen molar-refractivity contribution in [2.75, 3.05) is 7.05 Å². The molecule has 1 aliphatic rings. The Bertz CT molecular complexity index is 534. The van der Waals surface area contributed by atoms with Crippen molar-refractivity contribution in [3.63, 3.8) is 0 Å². The van der Waals surface area contributed by atoms with Crippen molar-refractivity contribution >= 4 is 33.0 Å². The summed E-state index contributed by atoms with van der Waals surface area (Å²) in [6.07, 6.45) is 2.27. The van der Waals surface area contributed by atoms with Crippen LogP contribution in [0.3, 0.4) is 0 Å². The lowest BCUT2D eigenvalue weighted by Gasteiger charge is -2.23. The first-order valence-corrected chi connectivity index (χ1v) is 8.80. The molecule has 0 spiro atoms. The molecule has 0 aliphatic heterocycles. The molecule has 0 aromatic carbocycles. The molecule has 0 amide bonds. The Kier molecular flexibility index (Phi) is 4.07. The van der Waals surface area contributed by atoms with Crippen LogP contribution >= 0.6 is 22.9 Å². The van der Waals surface area contributed by atoms with Crippen molar-refractivity contribution in [1.82, 2.24) is 4.31 Å². The summed E-state index contributed by atoms with van der Waals surface area (Å²) in [7, 11) is -1.69. The molecule has 1 atom stereocenters. The zero-order valence-corrected chi connectivity index (χ0v) is 13.2. The van der Waals surface area contributed by atoms with Crippen LogP contribution in [-0.2, 0) is 15.9 Å². The van der Waals surface area contributed by atoms with Gasteiger partial charge in [-0.2, -0.15) is 4.31 Å². The van der Waals surface area contributed by atoms with Crippen LogP contribution in [0.15, 0.2) is 10.3 Å². The van der Waals surface area contributed by atoms with Crippen LogP contribution in [0.25, 0.3) is 0 Å². The number of sulfonamides is 1. The van der Waals surface area contributed by atoms with E-state index in [2.05, 4.69) is 0 Å². The molecule has 3 nitrogen and oxygen atoms in total. The van der Waals surface area contributed by atoms with Crippen LogP contribution < -0.4 is 0 Å². The molecule has 0 radical (unpaired) electrons. The second-order valence-corrected chi connectivity index (χ2v) is 8.53. The van der Waals surface area contributed by atoms with Crippen LogP contribution in [0.1, 0.15) is 30.2 Å². The van der Waals surface area contributed by atoms with Crippen LogP contribution in [0, 0.1) is 12.8 Å². The van der Waals surface area contributed by atoms with E-state index in [0.717, 1.165) is 23.3 Å². The molecule has 1 unspecified atom stereocenters. The molecule has 102 valence electrons. The summed E-state index contributed by atoms with van der Waals surface area (Å²) in [4.78, 5) is 0.933. The Balaban J connectivity index is 2.28. The van der Waals surface area contributed by atoms with E-state index >= 15 is 0 Å². The fraction of sp³-hybridized carbons (Fsp3) is 0.667. The van der Waals surface area contributed by atoms with E-state index in [4.69, 9.17) is 11.6 Å². The lowest BCUT2D eigenvalue weighted by Crippen LogP contribution is -2.36. The van der Waals surface area contributed by atoms with Gasteiger partial charge in [0.05, 0.1) is 5.88 Å². The fourth-order valence-electron chi connectivity index (χ4n) is 1.98. The molecule has 1 aromatic heterocycles. The summed E-state index contributed by atoms with van der Waals surface area (Å²) in [6.45, 7) is 3.88. The number of alkyl halides is 1. The van der Waals surface area contributed by atoms with Gasteiger partial charge in [0.25, 0.3) is 10.0 Å². The Morgan fingerprint density at radius 2 is 2.17 bits per heavy atom. The van der Waals surface area contributed by atoms with Crippen LogP contribution in [-0.4, -0.2) is 25.8 Å². The van der Waals surface area contributed by atoms with E-state index in [0.29, 0.717) is 16.0 Å². The normalized spacial score (nSPS) is 18.3. The Labute approximate surface area is 118 Å². The van der Waals surface area contributed by atoms with Gasteiger partial charge in [-0.3, -0.25) is 0 Å². The molecule has 1 saturated carbocycles. The quantitative estimate of drug-likeness (QED) is 0.783. The molecule has 2 rings (SSSR count). The van der Waals surface area contributed by atoms with Gasteiger partial charge in [-0.15, -0.1) is 22.9 Å². The predicted molar refractivity (Wildman–Crippen MR) is 75.7 cm³/mol. The third kappa shape index (κ3) is 2.59. The molecule has 18 heavy (non-hydrogen) atoms. The highest BCUT2D eigenvalue weighted by atomic mass is 35.5. The molecular weight excluding hydrogens is 290 g/mol. The van der Waals surface area contributed by atoms with Gasteiger partial charge in [-0.25, -0.2) is 8.42 Å². The number of aryl methyl sites for hydroxylation is 1. The summed E-state index contributed by atoms with van der Waals surface area (Å²) < 4.78 is 26.9. The van der Waals surface area contributed by atoms with Crippen molar-refractivity contribution in [1.29, 1.82) is 0 Å². The zero-order chi connectivity index (χ0) is 13.5. The molecular formula is C12H18ClNO2S2. The Morgan fingerprint density at radius 1 is 1.56 bits per heavy atom.